The normalized spacial score (nSPS) is 14.2. The maximum Gasteiger partial charge on any atom is 0.329 e. The van der Waals surface area contributed by atoms with E-state index in [0.29, 0.717) is 18.7 Å². The lowest BCUT2D eigenvalue weighted by atomic mass is 9.98. The first-order chi connectivity index (χ1) is 11.5. The van der Waals surface area contributed by atoms with E-state index in [2.05, 4.69) is 5.32 Å². The minimum absolute atomic E-state index is 0.0531. The molecule has 0 bridgehead atoms. The number of aliphatic carboxylic acids is 1. The predicted molar refractivity (Wildman–Crippen MR) is 95.1 cm³/mol. The molecule has 140 valence electrons. The van der Waals surface area contributed by atoms with E-state index in [-0.39, 0.29) is 16.9 Å². The van der Waals surface area contributed by atoms with Crippen LogP contribution in [0.3, 0.4) is 0 Å². The summed E-state index contributed by atoms with van der Waals surface area (Å²) in [5.74, 6) is -1.77. The second-order valence-electron chi connectivity index (χ2n) is 6.01. The molecule has 2 N–H and O–H groups in total. The van der Waals surface area contributed by atoms with Gasteiger partial charge in [-0.15, -0.1) is 0 Å². The van der Waals surface area contributed by atoms with Gasteiger partial charge in [-0.2, -0.15) is 4.31 Å². The number of sulfonamides is 1. The molecule has 0 saturated carbocycles. The van der Waals surface area contributed by atoms with E-state index in [1.54, 1.807) is 33.8 Å². The highest BCUT2D eigenvalue weighted by molar-refractivity contribution is 7.89. The molecule has 0 radical (unpaired) electrons. The van der Waals surface area contributed by atoms with Crippen LogP contribution in [0.4, 0.5) is 0 Å². The molecular formula is C17H26N2O5S. The molecule has 8 heteroatoms. The summed E-state index contributed by atoms with van der Waals surface area (Å²) in [4.78, 5) is 23.8. The maximum absolute atomic E-state index is 12.7. The molecule has 0 spiro atoms. The van der Waals surface area contributed by atoms with Gasteiger partial charge in [-0.3, -0.25) is 4.79 Å². The Kier molecular flexibility index (Phi) is 6.73. The average Bonchev–Trinajstić information content (AvgIpc) is 2.55. The second kappa shape index (κ2) is 7.97. The monoisotopic (exact) mass is 370 g/mol. The van der Waals surface area contributed by atoms with E-state index < -0.39 is 27.4 Å². The van der Waals surface area contributed by atoms with Crippen LogP contribution < -0.4 is 5.32 Å². The molecule has 0 aliphatic carbocycles. The first kappa shape index (κ1) is 21.1. The van der Waals surface area contributed by atoms with Gasteiger partial charge in [0.1, 0.15) is 5.54 Å². The zero-order chi connectivity index (χ0) is 19.4. The zero-order valence-corrected chi connectivity index (χ0v) is 16.1. The van der Waals surface area contributed by atoms with Crippen molar-refractivity contribution >= 4 is 21.9 Å². The Morgan fingerprint density at radius 2 is 1.76 bits per heavy atom. The van der Waals surface area contributed by atoms with Crippen molar-refractivity contribution in [2.24, 2.45) is 0 Å². The lowest BCUT2D eigenvalue weighted by molar-refractivity contribution is -0.143. The summed E-state index contributed by atoms with van der Waals surface area (Å²) in [6.45, 7) is 8.85. The fraction of sp³-hybridized carbons (Fsp3) is 0.529. The quantitative estimate of drug-likeness (QED) is 0.728. The number of hydrogen-bond donors (Lipinski definition) is 2. The molecule has 0 aromatic heterocycles. The van der Waals surface area contributed by atoms with Gasteiger partial charge >= 0.3 is 5.97 Å². The fourth-order valence-corrected chi connectivity index (χ4v) is 4.05. The van der Waals surface area contributed by atoms with Crippen molar-refractivity contribution in [1.29, 1.82) is 0 Å². The molecule has 25 heavy (non-hydrogen) atoms. The fourth-order valence-electron chi connectivity index (χ4n) is 2.34. The van der Waals surface area contributed by atoms with Gasteiger partial charge in [0, 0.05) is 18.7 Å². The van der Waals surface area contributed by atoms with Gasteiger partial charge in [0.25, 0.3) is 5.91 Å². The number of carboxylic acid groups (broad SMARTS) is 1. The van der Waals surface area contributed by atoms with Crippen LogP contribution in [0.5, 0.6) is 0 Å². The number of nitrogens with zero attached hydrogens (tertiary/aromatic N) is 1. The van der Waals surface area contributed by atoms with Crippen molar-refractivity contribution in [3.8, 4) is 0 Å². The van der Waals surface area contributed by atoms with Crippen LogP contribution in [0.2, 0.25) is 0 Å². The molecule has 1 atom stereocenters. The number of carboxylic acids is 1. The lowest BCUT2D eigenvalue weighted by Crippen LogP contribution is -2.51. The number of carbonyl (C=O) groups is 2. The number of amides is 1. The summed E-state index contributed by atoms with van der Waals surface area (Å²) < 4.78 is 26.8. The van der Waals surface area contributed by atoms with Crippen LogP contribution >= 0.6 is 0 Å². The molecule has 7 nitrogen and oxygen atoms in total. The Hall–Kier alpha value is -1.93. The molecule has 0 aliphatic heterocycles. The Bertz CT molecular complexity index is 756. The maximum atomic E-state index is 12.7. The summed E-state index contributed by atoms with van der Waals surface area (Å²) in [7, 11) is -3.72. The zero-order valence-electron chi connectivity index (χ0n) is 15.3. The molecular weight excluding hydrogens is 344 g/mol. The first-order valence-corrected chi connectivity index (χ1v) is 9.64. The Balaban J connectivity index is 3.30. The van der Waals surface area contributed by atoms with E-state index >= 15 is 0 Å². The van der Waals surface area contributed by atoms with Gasteiger partial charge in [-0.05, 0) is 38.0 Å². The second-order valence-corrected chi connectivity index (χ2v) is 7.92. The van der Waals surface area contributed by atoms with E-state index in [1.165, 1.54) is 23.4 Å². The van der Waals surface area contributed by atoms with Crippen molar-refractivity contribution in [3.63, 3.8) is 0 Å². The smallest absolute Gasteiger partial charge is 0.329 e. The summed E-state index contributed by atoms with van der Waals surface area (Å²) in [6.07, 6.45) is 0.199. The molecule has 1 amide bonds. The third kappa shape index (κ3) is 4.38. The largest absolute Gasteiger partial charge is 0.480 e. The van der Waals surface area contributed by atoms with E-state index in [0.717, 1.165) is 0 Å². The number of hydrogen-bond acceptors (Lipinski definition) is 4. The summed E-state index contributed by atoms with van der Waals surface area (Å²) in [6, 6.07) is 4.34. The van der Waals surface area contributed by atoms with Crippen LogP contribution in [0, 0.1) is 6.92 Å². The van der Waals surface area contributed by atoms with Gasteiger partial charge < -0.3 is 10.4 Å². The molecule has 0 saturated heterocycles. The lowest BCUT2D eigenvalue weighted by Gasteiger charge is -2.25. The minimum Gasteiger partial charge on any atom is -0.480 e. The molecule has 1 aromatic rings. The molecule has 0 aliphatic rings. The number of nitrogens with one attached hydrogen (secondary N) is 1. The first-order valence-electron chi connectivity index (χ1n) is 8.20. The molecule has 1 unspecified atom stereocenters. The molecule has 1 rings (SSSR count). The van der Waals surface area contributed by atoms with E-state index in [4.69, 9.17) is 0 Å². The highest BCUT2D eigenvalue weighted by Gasteiger charge is 2.33. The van der Waals surface area contributed by atoms with Gasteiger partial charge in [-0.1, -0.05) is 26.8 Å². The van der Waals surface area contributed by atoms with Crippen LogP contribution in [-0.2, 0) is 14.8 Å². The van der Waals surface area contributed by atoms with Crippen LogP contribution in [-0.4, -0.2) is 48.3 Å². The van der Waals surface area contributed by atoms with E-state index in [9.17, 15) is 23.1 Å². The highest BCUT2D eigenvalue weighted by Crippen LogP contribution is 2.22. The molecule has 1 aromatic carbocycles. The third-order valence-corrected chi connectivity index (χ3v) is 6.53. The number of benzene rings is 1. The molecule has 0 heterocycles. The highest BCUT2D eigenvalue weighted by atomic mass is 32.2. The van der Waals surface area contributed by atoms with Crippen molar-refractivity contribution < 1.29 is 23.1 Å². The average molecular weight is 370 g/mol. The predicted octanol–water partition coefficient (Wildman–Crippen LogP) is 2.01. The van der Waals surface area contributed by atoms with Gasteiger partial charge in [0.15, 0.2) is 0 Å². The molecule has 0 fully saturated rings. The number of aryl methyl sites for hydroxylation is 1. The Morgan fingerprint density at radius 1 is 1.20 bits per heavy atom. The summed E-state index contributed by atoms with van der Waals surface area (Å²) in [5, 5.41) is 11.7. The summed E-state index contributed by atoms with van der Waals surface area (Å²) in [5.41, 5.74) is -0.780. The van der Waals surface area contributed by atoms with Crippen molar-refractivity contribution in [1.82, 2.24) is 9.62 Å². The van der Waals surface area contributed by atoms with Gasteiger partial charge in [0.05, 0.1) is 4.90 Å². The van der Waals surface area contributed by atoms with Gasteiger partial charge in [0.2, 0.25) is 10.0 Å². The minimum atomic E-state index is -3.72. The Morgan fingerprint density at radius 3 is 2.20 bits per heavy atom. The Labute approximate surface area is 149 Å². The van der Waals surface area contributed by atoms with Crippen molar-refractivity contribution in [3.05, 3.63) is 29.3 Å². The van der Waals surface area contributed by atoms with Crippen molar-refractivity contribution in [2.75, 3.05) is 13.1 Å². The van der Waals surface area contributed by atoms with Crippen molar-refractivity contribution in [2.45, 2.75) is 51.5 Å². The number of rotatable bonds is 8. The SMILES string of the molecule is CCN(CC)S(=O)(=O)c1cc(C(=O)NC(C)(CC)C(=O)O)ccc1C. The van der Waals surface area contributed by atoms with E-state index in [1.807, 2.05) is 0 Å². The third-order valence-electron chi connectivity index (χ3n) is 4.34. The standard InChI is InChI=1S/C17H26N2O5S/c1-6-17(5,16(21)22)18-15(20)13-10-9-12(4)14(11-13)25(23,24)19(7-2)8-3/h9-11H,6-8H2,1-5H3,(H,18,20)(H,21,22). The van der Waals surface area contributed by atoms with Crippen LogP contribution in [0.1, 0.15) is 50.0 Å². The summed E-state index contributed by atoms with van der Waals surface area (Å²) >= 11 is 0. The van der Waals surface area contributed by atoms with Crippen LogP contribution in [0.15, 0.2) is 23.1 Å². The topological polar surface area (TPSA) is 104 Å². The van der Waals surface area contributed by atoms with Crippen LogP contribution in [0.25, 0.3) is 0 Å². The van der Waals surface area contributed by atoms with Gasteiger partial charge in [-0.25, -0.2) is 13.2 Å². The number of carbonyl (C=O) groups excluding carboxylic acids is 1.